The van der Waals surface area contributed by atoms with Crippen molar-refractivity contribution in [3.05, 3.63) is 89.9 Å². The van der Waals surface area contributed by atoms with Crippen molar-refractivity contribution in [3.63, 3.8) is 0 Å². The lowest BCUT2D eigenvalue weighted by molar-refractivity contribution is 0.217. The summed E-state index contributed by atoms with van der Waals surface area (Å²) in [7, 11) is 0. The molecule has 6 rings (SSSR count). The monoisotopic (exact) mass is 475 g/mol. The number of hydrogen-bond donors (Lipinski definition) is 1. The van der Waals surface area contributed by atoms with Crippen LogP contribution in [0.1, 0.15) is 17.5 Å². The van der Waals surface area contributed by atoms with E-state index in [1.165, 1.54) is 24.5 Å². The van der Waals surface area contributed by atoms with Crippen LogP contribution in [0.5, 0.6) is 11.5 Å². The number of aliphatic imine (C=N–C) groups is 1. The van der Waals surface area contributed by atoms with Crippen LogP contribution in [-0.2, 0) is 10.3 Å². The van der Waals surface area contributed by atoms with Gasteiger partial charge in [0.1, 0.15) is 17.1 Å². The molecule has 2 aliphatic heterocycles. The van der Waals surface area contributed by atoms with Gasteiger partial charge >= 0.3 is 0 Å². The van der Waals surface area contributed by atoms with E-state index in [0.29, 0.717) is 40.0 Å². The van der Waals surface area contributed by atoms with Crippen molar-refractivity contribution in [3.8, 4) is 33.9 Å². The lowest BCUT2D eigenvalue weighted by Crippen LogP contribution is -2.39. The van der Waals surface area contributed by atoms with E-state index in [4.69, 9.17) is 15.2 Å². The minimum absolute atomic E-state index is 0.0680. The number of pyridine rings is 3. The molecule has 0 fully saturated rings. The average molecular weight is 475 g/mol. The average Bonchev–Trinajstić information content (AvgIpc) is 2.85. The highest BCUT2D eigenvalue weighted by Gasteiger charge is 2.46. The lowest BCUT2D eigenvalue weighted by atomic mass is 9.77. The first-order valence-electron chi connectivity index (χ1n) is 10.7. The molecule has 35 heavy (non-hydrogen) atoms. The van der Waals surface area contributed by atoms with E-state index < -0.39 is 23.3 Å². The Morgan fingerprint density at radius 1 is 0.914 bits per heavy atom. The van der Waals surface area contributed by atoms with Crippen LogP contribution in [-0.4, -0.2) is 27.6 Å². The molecule has 0 amide bonds. The zero-order valence-corrected chi connectivity index (χ0v) is 18.0. The van der Waals surface area contributed by atoms with E-state index in [-0.39, 0.29) is 24.1 Å². The highest BCUT2D eigenvalue weighted by atomic mass is 19.1. The summed E-state index contributed by atoms with van der Waals surface area (Å²) in [6, 6.07) is 10.8. The van der Waals surface area contributed by atoms with Gasteiger partial charge in [-0.25, -0.2) is 19.4 Å². The highest BCUT2D eigenvalue weighted by Crippen LogP contribution is 2.53. The van der Waals surface area contributed by atoms with Crippen LogP contribution in [0, 0.1) is 17.7 Å². The number of nitrogens with two attached hydrogens (primary N) is 1. The van der Waals surface area contributed by atoms with Crippen molar-refractivity contribution in [2.24, 2.45) is 10.7 Å². The Labute approximate surface area is 197 Å². The summed E-state index contributed by atoms with van der Waals surface area (Å²) in [5.74, 6) is -1.83. The van der Waals surface area contributed by atoms with E-state index in [1.807, 2.05) is 0 Å². The fourth-order valence-electron chi connectivity index (χ4n) is 4.53. The quantitative estimate of drug-likeness (QED) is 0.422. The maximum absolute atomic E-state index is 15.3. The molecule has 1 unspecified atom stereocenters. The molecular weight excluding hydrogens is 459 g/mol. The van der Waals surface area contributed by atoms with Gasteiger partial charge in [0.15, 0.2) is 5.75 Å². The van der Waals surface area contributed by atoms with Gasteiger partial charge in [-0.05, 0) is 35.9 Å². The maximum atomic E-state index is 15.3. The summed E-state index contributed by atoms with van der Waals surface area (Å²) in [6.07, 6.45) is 4.24. The Morgan fingerprint density at radius 3 is 2.60 bits per heavy atom. The smallest absolute Gasteiger partial charge is 0.283 e. The summed E-state index contributed by atoms with van der Waals surface area (Å²) >= 11 is 0. The molecule has 7 nitrogen and oxygen atoms in total. The molecule has 3 aromatic heterocycles. The van der Waals surface area contributed by atoms with Crippen molar-refractivity contribution < 1.29 is 22.6 Å². The van der Waals surface area contributed by atoms with Gasteiger partial charge in [-0.1, -0.05) is 6.07 Å². The van der Waals surface area contributed by atoms with Crippen molar-refractivity contribution in [2.45, 2.75) is 12.0 Å². The number of aromatic nitrogens is 3. The molecule has 0 aliphatic carbocycles. The minimum Gasteiger partial charge on any atom is -0.465 e. The predicted octanol–water partition coefficient (Wildman–Crippen LogP) is 4.71. The van der Waals surface area contributed by atoms with Gasteiger partial charge in [0.05, 0.1) is 18.5 Å². The van der Waals surface area contributed by atoms with Gasteiger partial charge in [0.25, 0.3) is 12.0 Å². The van der Waals surface area contributed by atoms with Crippen molar-refractivity contribution in [2.75, 3.05) is 6.61 Å². The number of hydrogen-bond acceptors (Lipinski definition) is 7. The van der Waals surface area contributed by atoms with E-state index in [1.54, 1.807) is 24.3 Å². The Bertz CT molecular complexity index is 1530. The van der Waals surface area contributed by atoms with E-state index in [9.17, 15) is 8.78 Å². The van der Waals surface area contributed by atoms with Crippen molar-refractivity contribution >= 4 is 6.02 Å². The van der Waals surface area contributed by atoms with Gasteiger partial charge in [-0.15, -0.1) is 0 Å². The van der Waals surface area contributed by atoms with Gasteiger partial charge in [-0.3, -0.25) is 4.98 Å². The molecule has 1 atom stereocenters. The third kappa shape index (κ3) is 3.45. The molecule has 0 saturated carbocycles. The van der Waals surface area contributed by atoms with Crippen molar-refractivity contribution in [1.29, 1.82) is 0 Å². The highest BCUT2D eigenvalue weighted by molar-refractivity contribution is 5.77. The normalized spacial score (nSPS) is 18.2. The summed E-state index contributed by atoms with van der Waals surface area (Å²) in [5, 5.41) is 0. The van der Waals surface area contributed by atoms with Crippen LogP contribution in [0.15, 0.2) is 66.0 Å². The standard InChI is InChI=1S/C25H16F3N5O2/c26-16-7-15(11-30-12-16)13-1-2-20-17(8-13)25(4-6-34-24(29)33-25)18-10-19(32-23(28)22(18)35-20)14-3-5-31-21(27)9-14/h1-3,5,7-12H,4,6H2,(H2,29,33). The first-order valence-corrected chi connectivity index (χ1v) is 10.7. The summed E-state index contributed by atoms with van der Waals surface area (Å²) < 4.78 is 54.3. The van der Waals surface area contributed by atoms with Crippen LogP contribution >= 0.6 is 0 Å². The molecule has 2 N–H and O–H groups in total. The number of halogens is 3. The van der Waals surface area contributed by atoms with Crippen LogP contribution < -0.4 is 10.5 Å². The Hall–Kier alpha value is -4.47. The van der Waals surface area contributed by atoms with Gasteiger partial charge in [0.2, 0.25) is 5.95 Å². The second-order valence-electron chi connectivity index (χ2n) is 8.16. The molecule has 1 aromatic carbocycles. The number of fused-ring (bicyclic) bond motifs is 4. The number of rotatable bonds is 2. The molecule has 4 aromatic rings. The number of benzene rings is 1. The first-order chi connectivity index (χ1) is 16.9. The fourth-order valence-corrected chi connectivity index (χ4v) is 4.53. The summed E-state index contributed by atoms with van der Waals surface area (Å²) in [5.41, 5.74) is 7.50. The first kappa shape index (κ1) is 21.1. The number of nitrogens with zero attached hydrogens (tertiary/aromatic N) is 4. The molecule has 1 spiro atoms. The molecule has 2 aliphatic rings. The van der Waals surface area contributed by atoms with Gasteiger partial charge < -0.3 is 15.2 Å². The van der Waals surface area contributed by atoms with E-state index in [2.05, 4.69) is 19.9 Å². The second kappa shape index (κ2) is 7.79. The molecule has 0 bridgehead atoms. The minimum atomic E-state index is -1.17. The molecule has 174 valence electrons. The lowest BCUT2D eigenvalue weighted by Gasteiger charge is -2.39. The van der Waals surface area contributed by atoms with E-state index in [0.717, 1.165) is 12.3 Å². The number of ether oxygens (including phenoxy) is 2. The fraction of sp³-hybridized carbons (Fsp3) is 0.120. The van der Waals surface area contributed by atoms with Crippen LogP contribution in [0.4, 0.5) is 13.2 Å². The molecule has 10 heteroatoms. The molecule has 0 radical (unpaired) electrons. The SMILES string of the molecule is NC1=NC2(CCO1)c1cc(-c3cncc(F)c3)ccc1Oc1c2cc(-c2ccnc(F)c2)nc1F. The zero-order chi connectivity index (χ0) is 24.2. The third-order valence-corrected chi connectivity index (χ3v) is 6.09. The molecule has 5 heterocycles. The van der Waals surface area contributed by atoms with Gasteiger partial charge in [-0.2, -0.15) is 8.78 Å². The molecular formula is C25H16F3N5O2. The van der Waals surface area contributed by atoms with E-state index >= 15 is 4.39 Å². The second-order valence-corrected chi connectivity index (χ2v) is 8.16. The zero-order valence-electron chi connectivity index (χ0n) is 18.0. The Balaban J connectivity index is 1.60. The predicted molar refractivity (Wildman–Crippen MR) is 120 cm³/mol. The van der Waals surface area contributed by atoms with Crippen molar-refractivity contribution in [1.82, 2.24) is 15.0 Å². The Kier molecular flexibility index (Phi) is 4.70. The summed E-state index contributed by atoms with van der Waals surface area (Å²) in [6.45, 7) is 0.211. The third-order valence-electron chi connectivity index (χ3n) is 6.09. The Morgan fingerprint density at radius 2 is 1.80 bits per heavy atom. The summed E-state index contributed by atoms with van der Waals surface area (Å²) in [4.78, 5) is 16.1. The maximum Gasteiger partial charge on any atom is 0.283 e. The topological polar surface area (TPSA) is 95.5 Å². The van der Waals surface area contributed by atoms with Gasteiger partial charge in [0, 0.05) is 47.1 Å². The van der Waals surface area contributed by atoms with Crippen LogP contribution in [0.25, 0.3) is 22.4 Å². The largest absolute Gasteiger partial charge is 0.465 e. The van der Waals surface area contributed by atoms with Crippen LogP contribution in [0.2, 0.25) is 0 Å². The molecule has 0 saturated heterocycles. The number of amidine groups is 1. The van der Waals surface area contributed by atoms with Crippen LogP contribution in [0.3, 0.4) is 0 Å².